The minimum atomic E-state index is -0.435. The first kappa shape index (κ1) is 21.0. The molecule has 1 unspecified atom stereocenters. The number of hydrogen-bond acceptors (Lipinski definition) is 3. The number of rotatable bonds is 5. The molecule has 6 heteroatoms. The molecule has 4 nitrogen and oxygen atoms in total. The zero-order valence-corrected chi connectivity index (χ0v) is 18.4. The monoisotopic (exact) mass is 434 g/mol. The summed E-state index contributed by atoms with van der Waals surface area (Å²) in [5.41, 5.74) is 3.18. The number of Topliss-reactive ketones (excluding diaryl/α,β-unsaturated/α-hetero) is 1. The molecule has 158 valence electrons. The van der Waals surface area contributed by atoms with Gasteiger partial charge in [0.15, 0.2) is 10.9 Å². The molecule has 1 heterocycles. The van der Waals surface area contributed by atoms with Crippen molar-refractivity contribution in [3.8, 4) is 5.75 Å². The first-order valence-corrected chi connectivity index (χ1v) is 10.4. The molecule has 1 aliphatic heterocycles. The summed E-state index contributed by atoms with van der Waals surface area (Å²) < 4.78 is 19.4. The molecule has 0 saturated heterocycles. The zero-order chi connectivity index (χ0) is 22.1. The molecular weight excluding hydrogens is 411 g/mol. The highest BCUT2D eigenvalue weighted by atomic mass is 32.1. The van der Waals surface area contributed by atoms with Crippen LogP contribution in [-0.4, -0.2) is 22.8 Å². The van der Waals surface area contributed by atoms with E-state index >= 15 is 0 Å². The van der Waals surface area contributed by atoms with E-state index in [0.717, 1.165) is 27.6 Å². The first-order chi connectivity index (χ1) is 14.9. The number of ketones is 1. The van der Waals surface area contributed by atoms with Gasteiger partial charge in [-0.1, -0.05) is 42.5 Å². The molecule has 1 aliphatic rings. The predicted octanol–water partition coefficient (Wildman–Crippen LogP) is 5.28. The maximum absolute atomic E-state index is 13.3. The highest BCUT2D eigenvalue weighted by molar-refractivity contribution is 7.80. The Morgan fingerprint density at radius 3 is 2.55 bits per heavy atom. The average Bonchev–Trinajstić information content (AvgIpc) is 2.76. The molecule has 31 heavy (non-hydrogen) atoms. The van der Waals surface area contributed by atoms with Gasteiger partial charge in [0.2, 0.25) is 0 Å². The van der Waals surface area contributed by atoms with Crippen LogP contribution in [-0.2, 0) is 11.4 Å². The molecule has 0 fully saturated rings. The molecule has 0 saturated carbocycles. The number of carbonyl (C=O) groups is 1. The largest absolute Gasteiger partial charge is 0.489 e. The summed E-state index contributed by atoms with van der Waals surface area (Å²) in [4.78, 5) is 14.5. The van der Waals surface area contributed by atoms with Gasteiger partial charge in [0.05, 0.1) is 6.04 Å². The summed E-state index contributed by atoms with van der Waals surface area (Å²) in [5.74, 6) is 0.340. The number of thiocarbonyl (C=S) groups is 1. The van der Waals surface area contributed by atoms with E-state index in [1.54, 1.807) is 19.1 Å². The fourth-order valence-electron chi connectivity index (χ4n) is 3.95. The van der Waals surface area contributed by atoms with Gasteiger partial charge in [0, 0.05) is 23.9 Å². The molecule has 0 amide bonds. The van der Waals surface area contributed by atoms with Crippen molar-refractivity contribution < 1.29 is 13.9 Å². The van der Waals surface area contributed by atoms with Crippen molar-refractivity contribution in [2.45, 2.75) is 26.5 Å². The third kappa shape index (κ3) is 4.03. The number of fused-ring (bicyclic) bond motifs is 1. The molecule has 0 spiro atoms. The Bertz CT molecular complexity index is 1200. The quantitative estimate of drug-likeness (QED) is 0.553. The standard InChI is InChI=1S/C25H23FN2O2S/c1-15-22(16(2)29)24(27-25(31)28(15)3)23-20-7-5-4-6-18(20)10-13-21(23)30-14-17-8-11-19(26)12-9-17/h4-13,24H,14H2,1-3H3,(H,27,31). The number of benzene rings is 3. The maximum atomic E-state index is 13.3. The Balaban J connectivity index is 1.84. The Morgan fingerprint density at radius 2 is 1.84 bits per heavy atom. The topological polar surface area (TPSA) is 41.6 Å². The van der Waals surface area contributed by atoms with Gasteiger partial charge in [-0.3, -0.25) is 4.79 Å². The van der Waals surface area contributed by atoms with E-state index in [1.807, 2.05) is 55.3 Å². The van der Waals surface area contributed by atoms with E-state index in [4.69, 9.17) is 17.0 Å². The van der Waals surface area contributed by atoms with Crippen LogP contribution < -0.4 is 10.1 Å². The third-order valence-electron chi connectivity index (χ3n) is 5.66. The third-order valence-corrected chi connectivity index (χ3v) is 6.05. The van der Waals surface area contributed by atoms with E-state index in [2.05, 4.69) is 5.32 Å². The van der Waals surface area contributed by atoms with Crippen LogP contribution in [0.5, 0.6) is 5.75 Å². The number of halogens is 1. The summed E-state index contributed by atoms with van der Waals surface area (Å²) in [7, 11) is 1.85. The van der Waals surface area contributed by atoms with Crippen LogP contribution >= 0.6 is 12.2 Å². The van der Waals surface area contributed by atoms with Gasteiger partial charge < -0.3 is 15.0 Å². The Morgan fingerprint density at radius 1 is 1.13 bits per heavy atom. The SMILES string of the molecule is CC(=O)C1=C(C)N(C)C(=S)NC1c1c(OCc2ccc(F)cc2)ccc2ccccc12. The Hall–Kier alpha value is -3.25. The lowest BCUT2D eigenvalue weighted by molar-refractivity contribution is -0.114. The first-order valence-electron chi connectivity index (χ1n) is 10.0. The van der Waals surface area contributed by atoms with Crippen LogP contribution in [0, 0.1) is 5.82 Å². The summed E-state index contributed by atoms with van der Waals surface area (Å²) >= 11 is 5.53. The van der Waals surface area contributed by atoms with Crippen LogP contribution in [0.4, 0.5) is 4.39 Å². The lowest BCUT2D eigenvalue weighted by Gasteiger charge is -2.36. The van der Waals surface area contributed by atoms with E-state index < -0.39 is 6.04 Å². The number of ether oxygens (including phenoxy) is 1. The van der Waals surface area contributed by atoms with E-state index in [1.165, 1.54) is 12.1 Å². The fourth-order valence-corrected chi connectivity index (χ4v) is 4.20. The van der Waals surface area contributed by atoms with Crippen molar-refractivity contribution in [1.29, 1.82) is 0 Å². The summed E-state index contributed by atoms with van der Waals surface area (Å²) in [6, 6.07) is 17.7. The molecule has 1 atom stereocenters. The van der Waals surface area contributed by atoms with Crippen LogP contribution in [0.3, 0.4) is 0 Å². The van der Waals surface area contributed by atoms with E-state index in [0.29, 0.717) is 16.4 Å². The fraction of sp³-hybridized carbons (Fsp3) is 0.200. The van der Waals surface area contributed by atoms with Gasteiger partial charge in [-0.15, -0.1) is 0 Å². The Kier molecular flexibility index (Phi) is 5.74. The van der Waals surface area contributed by atoms with E-state index in [9.17, 15) is 9.18 Å². The van der Waals surface area contributed by atoms with Crippen molar-refractivity contribution in [3.63, 3.8) is 0 Å². The predicted molar refractivity (Wildman–Crippen MR) is 124 cm³/mol. The van der Waals surface area contributed by atoms with Crippen LogP contribution in [0.1, 0.15) is 31.0 Å². The maximum Gasteiger partial charge on any atom is 0.173 e. The van der Waals surface area contributed by atoms with Gasteiger partial charge in [0.1, 0.15) is 18.2 Å². The van der Waals surface area contributed by atoms with Gasteiger partial charge in [-0.25, -0.2) is 4.39 Å². The summed E-state index contributed by atoms with van der Waals surface area (Å²) in [5, 5.41) is 5.90. The lowest BCUT2D eigenvalue weighted by atomic mass is 9.88. The second-order valence-electron chi connectivity index (χ2n) is 7.61. The smallest absolute Gasteiger partial charge is 0.173 e. The van der Waals surface area contributed by atoms with Gasteiger partial charge in [-0.2, -0.15) is 0 Å². The van der Waals surface area contributed by atoms with Crippen molar-refractivity contribution in [2.24, 2.45) is 0 Å². The number of hydrogen-bond donors (Lipinski definition) is 1. The molecule has 3 aromatic carbocycles. The Labute approximate surface area is 186 Å². The summed E-state index contributed by atoms with van der Waals surface area (Å²) in [6.45, 7) is 3.75. The minimum absolute atomic E-state index is 0.0261. The molecule has 0 aromatic heterocycles. The van der Waals surface area contributed by atoms with Crippen molar-refractivity contribution in [1.82, 2.24) is 10.2 Å². The molecule has 4 rings (SSSR count). The zero-order valence-electron chi connectivity index (χ0n) is 17.6. The average molecular weight is 435 g/mol. The highest BCUT2D eigenvalue weighted by Crippen LogP contribution is 2.40. The van der Waals surface area contributed by atoms with Gasteiger partial charge in [0.25, 0.3) is 0 Å². The number of nitrogens with zero attached hydrogens (tertiary/aromatic N) is 1. The molecule has 3 aromatic rings. The lowest BCUT2D eigenvalue weighted by Crippen LogP contribution is -2.45. The van der Waals surface area contributed by atoms with Crippen LogP contribution in [0.25, 0.3) is 10.8 Å². The van der Waals surface area contributed by atoms with Crippen molar-refractivity contribution in [2.75, 3.05) is 7.05 Å². The summed E-state index contributed by atoms with van der Waals surface area (Å²) in [6.07, 6.45) is 0. The number of carbonyl (C=O) groups excluding carboxylic acids is 1. The van der Waals surface area contributed by atoms with Gasteiger partial charge >= 0.3 is 0 Å². The van der Waals surface area contributed by atoms with Gasteiger partial charge in [-0.05, 0) is 60.6 Å². The minimum Gasteiger partial charge on any atom is -0.489 e. The van der Waals surface area contributed by atoms with Crippen LogP contribution in [0.15, 0.2) is 71.9 Å². The number of nitrogens with one attached hydrogen (secondary N) is 1. The van der Waals surface area contributed by atoms with Crippen molar-refractivity contribution in [3.05, 3.63) is 88.9 Å². The second-order valence-corrected chi connectivity index (χ2v) is 8.00. The highest BCUT2D eigenvalue weighted by Gasteiger charge is 2.33. The second kappa shape index (κ2) is 8.47. The molecular formula is C25H23FN2O2S. The van der Waals surface area contributed by atoms with Crippen molar-refractivity contribution >= 4 is 33.9 Å². The van der Waals surface area contributed by atoms with E-state index in [-0.39, 0.29) is 18.2 Å². The molecule has 0 radical (unpaired) electrons. The molecule has 1 N–H and O–H groups in total. The molecule has 0 bridgehead atoms. The number of allylic oxidation sites excluding steroid dienone is 1. The molecule has 0 aliphatic carbocycles. The normalized spacial score (nSPS) is 16.5. The van der Waals surface area contributed by atoms with Crippen LogP contribution in [0.2, 0.25) is 0 Å².